The summed E-state index contributed by atoms with van der Waals surface area (Å²) in [4.78, 5) is 0. The second-order valence-corrected chi connectivity index (χ2v) is 3.08. The van der Waals surface area contributed by atoms with Crippen LogP contribution in [0.3, 0.4) is 0 Å². The number of ether oxygens (including phenoxy) is 1. The van der Waals surface area contributed by atoms with Crippen molar-refractivity contribution in [2.75, 3.05) is 19.8 Å². The van der Waals surface area contributed by atoms with E-state index in [1.54, 1.807) is 0 Å². The Kier molecular flexibility index (Phi) is 1.64. The first kappa shape index (κ1) is 6.58. The van der Waals surface area contributed by atoms with Gasteiger partial charge in [0.25, 0.3) is 0 Å². The van der Waals surface area contributed by atoms with Crippen molar-refractivity contribution in [2.24, 2.45) is 0 Å². The van der Waals surface area contributed by atoms with Crippen LogP contribution in [0, 0.1) is 0 Å². The molecule has 2 rings (SSSR count). The average Bonchev–Trinajstić information content (AvgIpc) is 2.39. The Morgan fingerprint density at radius 3 is 2.90 bits per heavy atom. The third kappa shape index (κ3) is 1.05. The molecule has 0 amide bonds. The largest absolute Gasteiger partial charge is 0.359 e. The lowest BCUT2D eigenvalue weighted by Crippen LogP contribution is -2.47. The summed E-state index contributed by atoms with van der Waals surface area (Å²) in [5.41, 5.74) is 0.0122. The zero-order valence-corrected chi connectivity index (χ0v) is 6.15. The van der Waals surface area contributed by atoms with Gasteiger partial charge in [-0.05, 0) is 19.3 Å². The Labute approximate surface area is 61.1 Å². The molecule has 2 aliphatic rings. The lowest BCUT2D eigenvalue weighted by atomic mass is 10.0. The standard InChI is InChI=1S/C7H14N2O/c1-2-4-10-7(3-1)5-8-6-9-7/h8-9H,1-6H2. The quantitative estimate of drug-likeness (QED) is 0.501. The van der Waals surface area contributed by atoms with E-state index >= 15 is 0 Å². The van der Waals surface area contributed by atoms with Crippen molar-refractivity contribution < 1.29 is 4.74 Å². The van der Waals surface area contributed by atoms with Crippen molar-refractivity contribution in [2.45, 2.75) is 25.0 Å². The molecular weight excluding hydrogens is 128 g/mol. The Bertz CT molecular complexity index is 113. The molecule has 0 aliphatic carbocycles. The van der Waals surface area contributed by atoms with E-state index in [0.717, 1.165) is 19.8 Å². The predicted molar refractivity (Wildman–Crippen MR) is 38.5 cm³/mol. The first-order chi connectivity index (χ1) is 4.91. The Morgan fingerprint density at radius 1 is 1.30 bits per heavy atom. The zero-order valence-electron chi connectivity index (χ0n) is 6.15. The van der Waals surface area contributed by atoms with Gasteiger partial charge in [0.15, 0.2) is 0 Å². The van der Waals surface area contributed by atoms with Crippen LogP contribution in [0.5, 0.6) is 0 Å². The molecule has 1 spiro atoms. The summed E-state index contributed by atoms with van der Waals surface area (Å²) in [6, 6.07) is 0. The van der Waals surface area contributed by atoms with Crippen LogP contribution >= 0.6 is 0 Å². The normalized spacial score (nSPS) is 40.8. The van der Waals surface area contributed by atoms with Crippen LogP contribution < -0.4 is 10.6 Å². The van der Waals surface area contributed by atoms with E-state index in [1.807, 2.05) is 0 Å². The highest BCUT2D eigenvalue weighted by molar-refractivity contribution is 4.87. The monoisotopic (exact) mass is 142 g/mol. The molecule has 58 valence electrons. The minimum absolute atomic E-state index is 0.0122. The first-order valence-electron chi connectivity index (χ1n) is 4.01. The minimum Gasteiger partial charge on any atom is -0.359 e. The maximum Gasteiger partial charge on any atom is 0.132 e. The van der Waals surface area contributed by atoms with E-state index in [9.17, 15) is 0 Å². The molecule has 10 heavy (non-hydrogen) atoms. The fraction of sp³-hybridized carbons (Fsp3) is 1.00. The lowest BCUT2D eigenvalue weighted by Gasteiger charge is -2.32. The molecule has 1 atom stereocenters. The first-order valence-corrected chi connectivity index (χ1v) is 4.01. The van der Waals surface area contributed by atoms with Crippen LogP contribution in [-0.4, -0.2) is 25.5 Å². The van der Waals surface area contributed by atoms with Crippen LogP contribution in [0.15, 0.2) is 0 Å². The molecule has 2 saturated heterocycles. The maximum atomic E-state index is 5.65. The molecule has 2 fully saturated rings. The number of hydrogen-bond acceptors (Lipinski definition) is 3. The molecule has 2 aliphatic heterocycles. The summed E-state index contributed by atoms with van der Waals surface area (Å²) in [6.07, 6.45) is 3.69. The lowest BCUT2D eigenvalue weighted by molar-refractivity contribution is -0.0798. The van der Waals surface area contributed by atoms with Crippen LogP contribution in [0.25, 0.3) is 0 Å². The predicted octanol–water partition coefficient (Wildman–Crippen LogP) is 0.0335. The molecule has 0 aromatic heterocycles. The third-order valence-electron chi connectivity index (χ3n) is 2.30. The van der Waals surface area contributed by atoms with Crippen LogP contribution in [0.2, 0.25) is 0 Å². The van der Waals surface area contributed by atoms with Gasteiger partial charge in [0.05, 0.1) is 0 Å². The van der Waals surface area contributed by atoms with Gasteiger partial charge in [0.2, 0.25) is 0 Å². The Balaban J connectivity index is 1.98. The Morgan fingerprint density at radius 2 is 2.30 bits per heavy atom. The van der Waals surface area contributed by atoms with Gasteiger partial charge in [0, 0.05) is 19.8 Å². The Hall–Kier alpha value is -0.120. The zero-order chi connectivity index (χ0) is 6.86. The molecule has 2 heterocycles. The second-order valence-electron chi connectivity index (χ2n) is 3.08. The highest BCUT2D eigenvalue weighted by Crippen LogP contribution is 2.22. The van der Waals surface area contributed by atoms with Gasteiger partial charge in [-0.25, -0.2) is 0 Å². The van der Waals surface area contributed by atoms with E-state index in [2.05, 4.69) is 10.6 Å². The van der Waals surface area contributed by atoms with Gasteiger partial charge in [-0.2, -0.15) is 0 Å². The molecule has 3 nitrogen and oxygen atoms in total. The van der Waals surface area contributed by atoms with Gasteiger partial charge in [-0.1, -0.05) is 0 Å². The summed E-state index contributed by atoms with van der Waals surface area (Å²) in [6.45, 7) is 2.81. The van der Waals surface area contributed by atoms with Crippen molar-refractivity contribution in [3.05, 3.63) is 0 Å². The highest BCUT2D eigenvalue weighted by atomic mass is 16.5. The molecule has 0 bridgehead atoms. The molecule has 2 N–H and O–H groups in total. The van der Waals surface area contributed by atoms with Gasteiger partial charge in [0.1, 0.15) is 5.72 Å². The number of hydrogen-bond donors (Lipinski definition) is 2. The van der Waals surface area contributed by atoms with E-state index in [0.29, 0.717) is 0 Å². The van der Waals surface area contributed by atoms with Crippen molar-refractivity contribution in [3.63, 3.8) is 0 Å². The molecule has 1 unspecified atom stereocenters. The average molecular weight is 142 g/mol. The van der Waals surface area contributed by atoms with Crippen molar-refractivity contribution in [1.82, 2.24) is 10.6 Å². The van der Waals surface area contributed by atoms with Gasteiger partial charge < -0.3 is 10.1 Å². The fourth-order valence-electron chi connectivity index (χ4n) is 1.68. The van der Waals surface area contributed by atoms with Gasteiger partial charge in [-0.3, -0.25) is 5.32 Å². The van der Waals surface area contributed by atoms with E-state index in [-0.39, 0.29) is 5.72 Å². The smallest absolute Gasteiger partial charge is 0.132 e. The van der Waals surface area contributed by atoms with E-state index < -0.39 is 0 Å². The molecule has 0 aromatic carbocycles. The second kappa shape index (κ2) is 2.49. The summed E-state index contributed by atoms with van der Waals surface area (Å²) in [5.74, 6) is 0. The van der Waals surface area contributed by atoms with Crippen LogP contribution in [0.1, 0.15) is 19.3 Å². The summed E-state index contributed by atoms with van der Waals surface area (Å²) in [7, 11) is 0. The van der Waals surface area contributed by atoms with Crippen molar-refractivity contribution in [3.8, 4) is 0 Å². The summed E-state index contributed by atoms with van der Waals surface area (Å²) < 4.78 is 5.65. The van der Waals surface area contributed by atoms with Crippen molar-refractivity contribution in [1.29, 1.82) is 0 Å². The van der Waals surface area contributed by atoms with Crippen LogP contribution in [-0.2, 0) is 4.74 Å². The highest BCUT2D eigenvalue weighted by Gasteiger charge is 2.35. The molecule has 0 saturated carbocycles. The van der Waals surface area contributed by atoms with E-state index in [1.165, 1.54) is 19.3 Å². The molecule has 3 heteroatoms. The SMILES string of the molecule is C1CCC2(CNCN2)OC1. The van der Waals surface area contributed by atoms with Gasteiger partial charge in [-0.15, -0.1) is 0 Å². The molecule has 0 aromatic rings. The number of nitrogens with one attached hydrogen (secondary N) is 2. The van der Waals surface area contributed by atoms with Crippen molar-refractivity contribution >= 4 is 0 Å². The molecule has 0 radical (unpaired) electrons. The minimum atomic E-state index is 0.0122. The van der Waals surface area contributed by atoms with E-state index in [4.69, 9.17) is 4.74 Å². The number of rotatable bonds is 0. The third-order valence-corrected chi connectivity index (χ3v) is 2.30. The van der Waals surface area contributed by atoms with Gasteiger partial charge >= 0.3 is 0 Å². The summed E-state index contributed by atoms with van der Waals surface area (Å²) in [5, 5.41) is 6.59. The summed E-state index contributed by atoms with van der Waals surface area (Å²) >= 11 is 0. The topological polar surface area (TPSA) is 33.3 Å². The van der Waals surface area contributed by atoms with Crippen LogP contribution in [0.4, 0.5) is 0 Å². The fourth-order valence-corrected chi connectivity index (χ4v) is 1.68. The molecular formula is C7H14N2O. The maximum absolute atomic E-state index is 5.65.